The Hall–Kier alpha value is -0.420. The fourth-order valence-electron chi connectivity index (χ4n) is 3.05. The van der Waals surface area contributed by atoms with Crippen molar-refractivity contribution in [1.82, 2.24) is 5.32 Å². The zero-order chi connectivity index (χ0) is 16.7. The smallest absolute Gasteiger partial charge is 0.237 e. The number of amides is 1. The number of rotatable bonds is 8. The Balaban J connectivity index is 2.45. The van der Waals surface area contributed by atoms with Gasteiger partial charge < -0.3 is 21.1 Å². The minimum Gasteiger partial charge on any atom is -0.391 e. The molecule has 4 atom stereocenters. The molecule has 1 aliphatic rings. The second kappa shape index (κ2) is 9.66. The lowest BCUT2D eigenvalue weighted by Crippen LogP contribution is -2.46. The molecule has 5 N–H and O–H groups in total. The second-order valence-electron chi connectivity index (χ2n) is 6.75. The van der Waals surface area contributed by atoms with Gasteiger partial charge in [-0.2, -0.15) is 0 Å². The average Bonchev–Trinajstić information content (AvgIpc) is 2.49. The molecule has 0 bridgehead atoms. The second-order valence-corrected chi connectivity index (χ2v) is 8.17. The maximum absolute atomic E-state index is 11.8. The molecule has 1 fully saturated rings. The average molecular weight is 334 g/mol. The van der Waals surface area contributed by atoms with Crippen LogP contribution >= 0.6 is 8.03 Å². The van der Waals surface area contributed by atoms with Crippen LogP contribution in [0.2, 0.25) is 0 Å². The topological polar surface area (TPSA) is 113 Å². The molecule has 1 amide bonds. The molecule has 7 heteroatoms. The van der Waals surface area contributed by atoms with Crippen molar-refractivity contribution in [3.05, 3.63) is 0 Å². The zero-order valence-electron chi connectivity index (χ0n) is 13.6. The number of hydrogen-bond donors (Lipinski definition) is 4. The standard InChI is InChI=1S/C15H31N2O4P/c1-10(2)14(16)15(19)17-9-12(18)8-13(22(20)21)11-6-4-3-5-7-11/h10-14,18,22H,3-9,16H2,1-2H3,(H,17,19)(H,20,21)/t12-,13?,14-/m1/s1. The van der Waals surface area contributed by atoms with E-state index in [2.05, 4.69) is 5.32 Å². The number of nitrogens with one attached hydrogen (secondary N) is 1. The van der Waals surface area contributed by atoms with Gasteiger partial charge in [-0.05, 0) is 31.1 Å². The van der Waals surface area contributed by atoms with Gasteiger partial charge in [0.1, 0.15) is 0 Å². The minimum absolute atomic E-state index is 0.0287. The van der Waals surface area contributed by atoms with Gasteiger partial charge in [-0.3, -0.25) is 9.36 Å². The predicted octanol–water partition coefficient (Wildman–Crippen LogP) is 1.25. The molecular weight excluding hydrogens is 303 g/mol. The lowest BCUT2D eigenvalue weighted by Gasteiger charge is -2.30. The van der Waals surface area contributed by atoms with Gasteiger partial charge in [0.15, 0.2) is 8.03 Å². The fourth-order valence-corrected chi connectivity index (χ4v) is 4.26. The summed E-state index contributed by atoms with van der Waals surface area (Å²) in [4.78, 5) is 21.3. The van der Waals surface area contributed by atoms with Gasteiger partial charge >= 0.3 is 0 Å². The molecule has 0 saturated heterocycles. The first-order chi connectivity index (χ1) is 10.3. The quantitative estimate of drug-likeness (QED) is 0.499. The fraction of sp³-hybridized carbons (Fsp3) is 0.933. The lowest BCUT2D eigenvalue weighted by atomic mass is 9.85. The van der Waals surface area contributed by atoms with Gasteiger partial charge in [-0.25, -0.2) is 0 Å². The highest BCUT2D eigenvalue weighted by molar-refractivity contribution is 7.38. The molecule has 1 aliphatic carbocycles. The van der Waals surface area contributed by atoms with Crippen LogP contribution in [0.5, 0.6) is 0 Å². The summed E-state index contributed by atoms with van der Waals surface area (Å²) in [6.45, 7) is 3.80. The normalized spacial score (nSPS) is 22.1. The van der Waals surface area contributed by atoms with E-state index < -0.39 is 20.2 Å². The number of hydrogen-bond acceptors (Lipinski definition) is 4. The Labute approximate surface area is 133 Å². The van der Waals surface area contributed by atoms with Crippen LogP contribution in [0.3, 0.4) is 0 Å². The Kier molecular flexibility index (Phi) is 8.62. The molecule has 6 nitrogen and oxygen atoms in total. The van der Waals surface area contributed by atoms with E-state index in [1.807, 2.05) is 13.8 Å². The van der Waals surface area contributed by atoms with Gasteiger partial charge in [0.05, 0.1) is 12.1 Å². The molecule has 0 radical (unpaired) electrons. The first kappa shape index (κ1) is 19.6. The van der Waals surface area contributed by atoms with Gasteiger partial charge in [0.25, 0.3) is 0 Å². The van der Waals surface area contributed by atoms with Crippen molar-refractivity contribution in [3.8, 4) is 0 Å². The summed E-state index contributed by atoms with van der Waals surface area (Å²) in [6.07, 6.45) is 4.73. The molecular formula is C15H31N2O4P. The van der Waals surface area contributed by atoms with Crippen LogP contribution in [0.1, 0.15) is 52.4 Å². The summed E-state index contributed by atoms with van der Waals surface area (Å²) in [5, 5.41) is 12.7. The van der Waals surface area contributed by atoms with Gasteiger partial charge in [0.2, 0.25) is 5.91 Å². The van der Waals surface area contributed by atoms with Crippen molar-refractivity contribution >= 4 is 13.9 Å². The van der Waals surface area contributed by atoms with Crippen LogP contribution in [0.4, 0.5) is 0 Å². The number of aliphatic hydroxyl groups is 1. The third-order valence-electron chi connectivity index (χ3n) is 4.59. The van der Waals surface area contributed by atoms with E-state index >= 15 is 0 Å². The third-order valence-corrected chi connectivity index (χ3v) is 5.94. The van der Waals surface area contributed by atoms with Crippen molar-refractivity contribution in [3.63, 3.8) is 0 Å². The highest BCUT2D eigenvalue weighted by atomic mass is 31.1. The van der Waals surface area contributed by atoms with E-state index in [4.69, 9.17) is 5.73 Å². The Morgan fingerprint density at radius 2 is 1.91 bits per heavy atom. The minimum atomic E-state index is -2.68. The molecule has 130 valence electrons. The van der Waals surface area contributed by atoms with Crippen LogP contribution < -0.4 is 11.1 Å². The van der Waals surface area contributed by atoms with Crippen LogP contribution in [-0.4, -0.2) is 40.3 Å². The lowest BCUT2D eigenvalue weighted by molar-refractivity contribution is -0.123. The summed E-state index contributed by atoms with van der Waals surface area (Å²) in [7, 11) is -2.68. The summed E-state index contributed by atoms with van der Waals surface area (Å²) >= 11 is 0. The van der Waals surface area contributed by atoms with E-state index in [9.17, 15) is 19.4 Å². The number of nitrogens with two attached hydrogens (primary N) is 1. The maximum atomic E-state index is 11.8. The van der Waals surface area contributed by atoms with Gasteiger partial charge in [-0.15, -0.1) is 0 Å². The Morgan fingerprint density at radius 1 is 1.32 bits per heavy atom. The first-order valence-corrected chi connectivity index (χ1v) is 9.70. The third kappa shape index (κ3) is 6.37. The summed E-state index contributed by atoms with van der Waals surface area (Å²) < 4.78 is 11.6. The maximum Gasteiger partial charge on any atom is 0.237 e. The molecule has 0 aromatic heterocycles. The van der Waals surface area contributed by atoms with Crippen molar-refractivity contribution in [2.24, 2.45) is 17.6 Å². The number of carbonyl (C=O) groups excluding carboxylic acids is 1. The molecule has 1 saturated carbocycles. The van der Waals surface area contributed by atoms with Gasteiger partial charge in [-0.1, -0.05) is 33.1 Å². The molecule has 22 heavy (non-hydrogen) atoms. The first-order valence-electron chi connectivity index (χ1n) is 8.27. The highest BCUT2D eigenvalue weighted by Crippen LogP contribution is 2.40. The van der Waals surface area contributed by atoms with Crippen LogP contribution in [0, 0.1) is 11.8 Å². The zero-order valence-corrected chi connectivity index (χ0v) is 14.6. The Bertz CT molecular complexity index is 373. The number of carbonyl (C=O) groups is 1. The van der Waals surface area contributed by atoms with E-state index in [0.29, 0.717) is 0 Å². The van der Waals surface area contributed by atoms with E-state index in [1.165, 1.54) is 6.42 Å². The Morgan fingerprint density at radius 3 is 2.41 bits per heavy atom. The van der Waals surface area contributed by atoms with Gasteiger partial charge in [0, 0.05) is 12.2 Å². The van der Waals surface area contributed by atoms with E-state index in [-0.39, 0.29) is 36.4 Å². The SMILES string of the molecule is CC(C)[C@@H](N)C(=O)NC[C@H](O)CC(C1CCCCC1)[PH](=O)O. The molecule has 0 heterocycles. The largest absolute Gasteiger partial charge is 0.391 e. The molecule has 0 aromatic rings. The van der Waals surface area contributed by atoms with E-state index in [1.54, 1.807) is 0 Å². The van der Waals surface area contributed by atoms with Crippen molar-refractivity contribution in [2.45, 2.75) is 70.2 Å². The van der Waals surface area contributed by atoms with Crippen LogP contribution in [-0.2, 0) is 9.36 Å². The van der Waals surface area contributed by atoms with Crippen LogP contribution in [0.25, 0.3) is 0 Å². The summed E-state index contributed by atoms with van der Waals surface area (Å²) in [6, 6.07) is -0.599. The summed E-state index contributed by atoms with van der Waals surface area (Å²) in [5.74, 6) is -0.0469. The van der Waals surface area contributed by atoms with E-state index in [0.717, 1.165) is 25.7 Å². The number of aliphatic hydroxyl groups excluding tert-OH is 1. The van der Waals surface area contributed by atoms with Crippen LogP contribution in [0.15, 0.2) is 0 Å². The molecule has 0 spiro atoms. The highest BCUT2D eigenvalue weighted by Gasteiger charge is 2.29. The van der Waals surface area contributed by atoms with Crippen molar-refractivity contribution in [2.75, 3.05) is 6.54 Å². The predicted molar refractivity (Wildman–Crippen MR) is 88.0 cm³/mol. The molecule has 1 rings (SSSR count). The monoisotopic (exact) mass is 334 g/mol. The molecule has 0 aromatic carbocycles. The molecule has 2 unspecified atom stereocenters. The summed E-state index contributed by atoms with van der Waals surface area (Å²) in [5.41, 5.74) is 5.38. The van der Waals surface area contributed by atoms with Crippen molar-refractivity contribution < 1.29 is 19.4 Å². The molecule has 0 aliphatic heterocycles. The van der Waals surface area contributed by atoms with Crippen molar-refractivity contribution in [1.29, 1.82) is 0 Å².